The fourth-order valence-electron chi connectivity index (χ4n) is 2.23. The topological polar surface area (TPSA) is 77.8 Å². The van der Waals surface area contributed by atoms with Crippen molar-refractivity contribution in [3.05, 3.63) is 65.8 Å². The van der Waals surface area contributed by atoms with Gasteiger partial charge in [-0.25, -0.2) is 4.39 Å². The maximum absolute atomic E-state index is 13.0. The smallest absolute Gasteiger partial charge is 0.277 e. The van der Waals surface area contributed by atoms with E-state index in [0.29, 0.717) is 34.1 Å². The fourth-order valence-corrected chi connectivity index (χ4v) is 2.83. The number of aryl methyl sites for hydroxylation is 1. The van der Waals surface area contributed by atoms with Crippen molar-refractivity contribution in [3.63, 3.8) is 0 Å². The zero-order chi connectivity index (χ0) is 17.9. The molecule has 0 bridgehead atoms. The van der Waals surface area contributed by atoms with Gasteiger partial charge in [0.05, 0.1) is 5.75 Å². The maximum atomic E-state index is 13.0. The van der Waals surface area contributed by atoms with Gasteiger partial charge < -0.3 is 8.94 Å². The van der Waals surface area contributed by atoms with Gasteiger partial charge >= 0.3 is 0 Å². The van der Waals surface area contributed by atoms with Crippen molar-refractivity contribution in [2.24, 2.45) is 0 Å². The number of hydrogen-bond acceptors (Lipinski definition) is 7. The second kappa shape index (κ2) is 7.09. The number of rotatable bonds is 5. The maximum Gasteiger partial charge on any atom is 0.277 e. The van der Waals surface area contributed by atoms with E-state index in [1.807, 2.05) is 31.2 Å². The highest BCUT2D eigenvalue weighted by molar-refractivity contribution is 7.98. The predicted molar refractivity (Wildman–Crippen MR) is 93.7 cm³/mol. The summed E-state index contributed by atoms with van der Waals surface area (Å²) in [6, 6.07) is 13.8. The molecular weight excluding hydrogens is 355 g/mol. The van der Waals surface area contributed by atoms with Gasteiger partial charge in [-0.05, 0) is 43.3 Å². The summed E-state index contributed by atoms with van der Waals surface area (Å²) in [5.74, 6) is 1.37. The van der Waals surface area contributed by atoms with Crippen LogP contribution in [0.5, 0.6) is 0 Å². The van der Waals surface area contributed by atoms with E-state index in [1.54, 1.807) is 12.1 Å². The van der Waals surface area contributed by atoms with E-state index >= 15 is 0 Å². The summed E-state index contributed by atoms with van der Waals surface area (Å²) < 4.78 is 23.8. The third-order valence-electron chi connectivity index (χ3n) is 3.59. The minimum Gasteiger partial charge on any atom is -0.411 e. The highest BCUT2D eigenvalue weighted by Crippen LogP contribution is 2.26. The van der Waals surface area contributed by atoms with Gasteiger partial charge in [-0.2, -0.15) is 4.98 Å². The molecule has 0 unspecified atom stereocenters. The van der Waals surface area contributed by atoms with Crippen LogP contribution in [0.1, 0.15) is 11.5 Å². The SMILES string of the molecule is Cc1ccc(-c2nnc(SCc3nc(-c4ccc(F)cc4)no3)o2)cc1. The van der Waals surface area contributed by atoms with E-state index in [2.05, 4.69) is 20.3 Å². The molecule has 0 spiro atoms. The molecule has 2 aromatic carbocycles. The van der Waals surface area contributed by atoms with Gasteiger partial charge in [-0.1, -0.05) is 34.6 Å². The molecule has 0 fully saturated rings. The molecule has 0 radical (unpaired) electrons. The van der Waals surface area contributed by atoms with Gasteiger partial charge in [0.15, 0.2) is 0 Å². The van der Waals surface area contributed by atoms with E-state index < -0.39 is 0 Å². The van der Waals surface area contributed by atoms with Crippen LogP contribution in [0.15, 0.2) is 62.7 Å². The van der Waals surface area contributed by atoms with Crippen LogP contribution >= 0.6 is 11.8 Å². The van der Waals surface area contributed by atoms with Crippen LogP contribution in [-0.2, 0) is 5.75 Å². The summed E-state index contributed by atoms with van der Waals surface area (Å²) in [7, 11) is 0. The molecule has 4 rings (SSSR count). The number of hydrogen-bond donors (Lipinski definition) is 0. The molecule has 0 atom stereocenters. The van der Waals surface area contributed by atoms with Gasteiger partial charge in [0, 0.05) is 11.1 Å². The van der Waals surface area contributed by atoms with E-state index in [9.17, 15) is 4.39 Å². The van der Waals surface area contributed by atoms with E-state index in [-0.39, 0.29) is 5.82 Å². The highest BCUT2D eigenvalue weighted by atomic mass is 32.2. The zero-order valence-electron chi connectivity index (χ0n) is 13.7. The lowest BCUT2D eigenvalue weighted by molar-refractivity contribution is 0.391. The number of aromatic nitrogens is 4. The van der Waals surface area contributed by atoms with Gasteiger partial charge in [-0.15, -0.1) is 10.2 Å². The molecule has 2 heterocycles. The zero-order valence-corrected chi connectivity index (χ0v) is 14.5. The van der Waals surface area contributed by atoms with E-state index in [1.165, 1.54) is 23.9 Å². The Hall–Kier alpha value is -3.00. The average molecular weight is 368 g/mol. The quantitative estimate of drug-likeness (QED) is 0.479. The van der Waals surface area contributed by atoms with Crippen LogP contribution in [0.4, 0.5) is 4.39 Å². The molecule has 0 N–H and O–H groups in total. The van der Waals surface area contributed by atoms with Crippen LogP contribution < -0.4 is 0 Å². The lowest BCUT2D eigenvalue weighted by Gasteiger charge is -1.95. The van der Waals surface area contributed by atoms with Crippen molar-refractivity contribution < 1.29 is 13.3 Å². The van der Waals surface area contributed by atoms with Crippen molar-refractivity contribution >= 4 is 11.8 Å². The third-order valence-corrected chi connectivity index (χ3v) is 4.40. The number of benzene rings is 2. The Morgan fingerprint density at radius 1 is 0.962 bits per heavy atom. The molecule has 0 aliphatic rings. The first kappa shape index (κ1) is 16.5. The molecule has 0 aliphatic carbocycles. The Balaban J connectivity index is 1.42. The van der Waals surface area contributed by atoms with Gasteiger partial charge in [0.2, 0.25) is 17.6 Å². The highest BCUT2D eigenvalue weighted by Gasteiger charge is 2.13. The predicted octanol–water partition coefficient (Wildman–Crippen LogP) is 4.53. The summed E-state index contributed by atoms with van der Waals surface area (Å²) in [5, 5.41) is 12.4. The Labute approximate surface area is 152 Å². The molecule has 26 heavy (non-hydrogen) atoms. The summed E-state index contributed by atoms with van der Waals surface area (Å²) in [6.07, 6.45) is 0. The molecule has 0 saturated heterocycles. The van der Waals surface area contributed by atoms with Crippen LogP contribution in [0.25, 0.3) is 22.8 Å². The van der Waals surface area contributed by atoms with Crippen molar-refractivity contribution in [2.45, 2.75) is 17.9 Å². The Morgan fingerprint density at radius 2 is 1.69 bits per heavy atom. The van der Waals surface area contributed by atoms with Crippen LogP contribution in [0, 0.1) is 12.7 Å². The molecule has 0 amide bonds. The lowest BCUT2D eigenvalue weighted by Crippen LogP contribution is -1.83. The van der Waals surface area contributed by atoms with Gasteiger partial charge in [0.1, 0.15) is 5.82 Å². The molecule has 130 valence electrons. The minimum atomic E-state index is -0.311. The first-order chi connectivity index (χ1) is 12.7. The Bertz CT molecular complexity index is 929. The third kappa shape index (κ3) is 3.65. The number of halogens is 1. The van der Waals surface area contributed by atoms with Crippen molar-refractivity contribution in [3.8, 4) is 22.8 Å². The summed E-state index contributed by atoms with van der Waals surface area (Å²) in [5.41, 5.74) is 2.72. The number of thioether (sulfide) groups is 1. The molecule has 8 heteroatoms. The Morgan fingerprint density at radius 3 is 2.46 bits per heavy atom. The van der Waals surface area contributed by atoms with Crippen LogP contribution in [0.2, 0.25) is 0 Å². The van der Waals surface area contributed by atoms with E-state index in [4.69, 9.17) is 8.94 Å². The molecule has 2 aromatic heterocycles. The molecule has 0 saturated carbocycles. The summed E-state index contributed by atoms with van der Waals surface area (Å²) in [4.78, 5) is 4.29. The standard InChI is InChI=1S/C18H13FN4O2S/c1-11-2-4-13(5-3-11)17-21-22-18(24-17)26-10-15-20-16(23-25-15)12-6-8-14(19)9-7-12/h2-9H,10H2,1H3. The van der Waals surface area contributed by atoms with Crippen molar-refractivity contribution in [1.29, 1.82) is 0 Å². The van der Waals surface area contributed by atoms with Crippen molar-refractivity contribution in [2.75, 3.05) is 0 Å². The minimum absolute atomic E-state index is 0.311. The molecule has 6 nitrogen and oxygen atoms in total. The fraction of sp³-hybridized carbons (Fsp3) is 0.111. The first-order valence-electron chi connectivity index (χ1n) is 7.79. The van der Waals surface area contributed by atoms with E-state index in [0.717, 1.165) is 11.1 Å². The average Bonchev–Trinajstić information content (AvgIpc) is 3.31. The first-order valence-corrected chi connectivity index (χ1v) is 8.78. The van der Waals surface area contributed by atoms with Gasteiger partial charge in [-0.3, -0.25) is 0 Å². The van der Waals surface area contributed by atoms with Crippen LogP contribution in [-0.4, -0.2) is 20.3 Å². The van der Waals surface area contributed by atoms with Gasteiger partial charge in [0.25, 0.3) is 5.22 Å². The lowest BCUT2D eigenvalue weighted by atomic mass is 10.1. The largest absolute Gasteiger partial charge is 0.411 e. The second-order valence-electron chi connectivity index (χ2n) is 5.55. The molecule has 0 aliphatic heterocycles. The monoisotopic (exact) mass is 368 g/mol. The molecular formula is C18H13FN4O2S. The normalized spacial score (nSPS) is 11.0. The van der Waals surface area contributed by atoms with Crippen LogP contribution in [0.3, 0.4) is 0 Å². The summed E-state index contributed by atoms with van der Waals surface area (Å²) >= 11 is 1.31. The number of nitrogens with zero attached hydrogens (tertiary/aromatic N) is 4. The second-order valence-corrected chi connectivity index (χ2v) is 6.47. The van der Waals surface area contributed by atoms with Crippen molar-refractivity contribution in [1.82, 2.24) is 20.3 Å². The Kier molecular flexibility index (Phi) is 4.49. The molecule has 4 aromatic rings. The summed E-state index contributed by atoms with van der Waals surface area (Å²) in [6.45, 7) is 2.02.